The lowest BCUT2D eigenvalue weighted by Crippen LogP contribution is -2.49. The molecule has 6 rings (SSSR count). The molecule has 224 valence electrons. The Balaban J connectivity index is 1.16. The number of amides is 1. The van der Waals surface area contributed by atoms with Crippen LogP contribution in [0.5, 0.6) is 5.88 Å². The van der Waals surface area contributed by atoms with E-state index in [-0.39, 0.29) is 36.5 Å². The van der Waals surface area contributed by atoms with Crippen molar-refractivity contribution >= 4 is 17.4 Å². The largest absolute Gasteiger partial charge is 0.475 e. The third-order valence-corrected chi connectivity index (χ3v) is 7.54. The fourth-order valence-electron chi connectivity index (χ4n) is 5.39. The number of aromatic nitrogens is 5. The van der Waals surface area contributed by atoms with Gasteiger partial charge in [0.2, 0.25) is 11.7 Å². The number of hydrogen-bond acceptors (Lipinski definition) is 10. The van der Waals surface area contributed by atoms with Crippen LogP contribution in [0.25, 0.3) is 0 Å². The van der Waals surface area contributed by atoms with Crippen molar-refractivity contribution in [2.24, 2.45) is 0 Å². The van der Waals surface area contributed by atoms with Crippen molar-refractivity contribution in [3.8, 4) is 11.9 Å². The van der Waals surface area contributed by atoms with Crippen molar-refractivity contribution in [1.82, 2.24) is 30.0 Å². The topological polar surface area (TPSA) is 144 Å². The molecule has 15 heteroatoms. The number of carbonyl (C=O) groups excluding carboxylic acids is 1. The van der Waals surface area contributed by atoms with E-state index in [0.29, 0.717) is 37.6 Å². The summed E-state index contributed by atoms with van der Waals surface area (Å²) in [6.07, 6.45) is -1.03. The van der Waals surface area contributed by atoms with E-state index in [4.69, 9.17) is 10.00 Å². The molecule has 1 saturated heterocycles. The van der Waals surface area contributed by atoms with Crippen LogP contribution in [0, 0.1) is 11.3 Å². The van der Waals surface area contributed by atoms with Gasteiger partial charge in [-0.3, -0.25) is 9.59 Å². The summed E-state index contributed by atoms with van der Waals surface area (Å²) >= 11 is 0. The zero-order valence-corrected chi connectivity index (χ0v) is 23.0. The first-order valence-corrected chi connectivity index (χ1v) is 13.6. The van der Waals surface area contributed by atoms with Crippen molar-refractivity contribution in [3.63, 3.8) is 0 Å². The monoisotopic (exact) mass is 603 g/mol. The Labute approximate surface area is 248 Å². The summed E-state index contributed by atoms with van der Waals surface area (Å²) in [6, 6.07) is 13.4. The summed E-state index contributed by atoms with van der Waals surface area (Å²) in [5.74, 6) is 0.325. The highest BCUT2D eigenvalue weighted by atomic mass is 19.4. The van der Waals surface area contributed by atoms with Gasteiger partial charge < -0.3 is 19.4 Å². The van der Waals surface area contributed by atoms with E-state index in [1.165, 1.54) is 23.4 Å². The first kappa shape index (κ1) is 28.6. The molecular formula is C29H24F3N9O3. The van der Waals surface area contributed by atoms with Gasteiger partial charge >= 0.3 is 6.18 Å². The standard InChI is InChI=1S/C29H24F3N9O3/c30-29(31,32)25-21(15-36-38-27(25)42)41-16-19-3-1-2-4-20(19)22(41)17-44-24-7-8-34-26(37-24)28(43)40-11-9-39(10-12-40)23-6-5-18(13-33)14-35-23/h1-8,14-15,22H,9-12,16-17H2,(H,38,42). The van der Waals surface area contributed by atoms with Crippen molar-refractivity contribution in [2.75, 3.05) is 42.6 Å². The summed E-state index contributed by atoms with van der Waals surface area (Å²) in [7, 11) is 0. The Morgan fingerprint density at radius 1 is 1.07 bits per heavy atom. The van der Waals surface area contributed by atoms with Gasteiger partial charge in [0.15, 0.2) is 0 Å². The highest BCUT2D eigenvalue weighted by Crippen LogP contribution is 2.42. The van der Waals surface area contributed by atoms with Gasteiger partial charge in [-0.1, -0.05) is 24.3 Å². The lowest BCUT2D eigenvalue weighted by Gasteiger charge is -2.35. The van der Waals surface area contributed by atoms with Crippen LogP contribution < -0.4 is 20.1 Å². The molecule has 1 fully saturated rings. The van der Waals surface area contributed by atoms with Crippen LogP contribution in [0.3, 0.4) is 0 Å². The Hall–Kier alpha value is -5.52. The van der Waals surface area contributed by atoms with E-state index in [1.54, 1.807) is 41.3 Å². The van der Waals surface area contributed by atoms with Crippen molar-refractivity contribution < 1.29 is 22.7 Å². The highest BCUT2D eigenvalue weighted by molar-refractivity contribution is 5.90. The second-order valence-corrected chi connectivity index (χ2v) is 10.1. The van der Waals surface area contributed by atoms with Crippen LogP contribution in [-0.4, -0.2) is 68.7 Å². The number of pyridine rings is 1. The highest BCUT2D eigenvalue weighted by Gasteiger charge is 2.42. The molecule has 0 spiro atoms. The number of H-pyrrole nitrogens is 1. The minimum atomic E-state index is -4.90. The first-order chi connectivity index (χ1) is 21.2. The van der Waals surface area contributed by atoms with E-state index in [2.05, 4.69) is 20.1 Å². The fraction of sp³-hybridized carbons (Fsp3) is 0.276. The van der Waals surface area contributed by atoms with Crippen LogP contribution in [0.4, 0.5) is 24.7 Å². The molecule has 4 aromatic rings. The van der Waals surface area contributed by atoms with E-state index in [9.17, 15) is 22.8 Å². The number of piperazine rings is 1. The van der Waals surface area contributed by atoms with Crippen LogP contribution >= 0.6 is 0 Å². The molecule has 44 heavy (non-hydrogen) atoms. The third-order valence-electron chi connectivity index (χ3n) is 7.54. The molecule has 2 aliphatic heterocycles. The zero-order valence-electron chi connectivity index (χ0n) is 23.0. The summed E-state index contributed by atoms with van der Waals surface area (Å²) in [4.78, 5) is 43.2. The fourth-order valence-corrected chi connectivity index (χ4v) is 5.39. The first-order valence-electron chi connectivity index (χ1n) is 13.6. The molecule has 1 atom stereocenters. The number of halogens is 3. The van der Waals surface area contributed by atoms with Gasteiger partial charge in [-0.2, -0.15) is 28.5 Å². The van der Waals surface area contributed by atoms with Gasteiger partial charge in [0.05, 0.1) is 23.5 Å². The normalized spacial score (nSPS) is 16.4. The number of alkyl halides is 3. The van der Waals surface area contributed by atoms with Gasteiger partial charge in [0.25, 0.3) is 11.5 Å². The van der Waals surface area contributed by atoms with Crippen molar-refractivity contribution in [3.05, 3.63) is 99.5 Å². The van der Waals surface area contributed by atoms with Crippen molar-refractivity contribution in [1.29, 1.82) is 5.26 Å². The van der Waals surface area contributed by atoms with E-state index in [0.717, 1.165) is 17.3 Å². The molecule has 1 unspecified atom stereocenters. The maximum Gasteiger partial charge on any atom is 0.423 e. The zero-order chi connectivity index (χ0) is 30.8. The Morgan fingerprint density at radius 2 is 1.86 bits per heavy atom. The quantitative estimate of drug-likeness (QED) is 0.349. The number of hydrogen-bond donors (Lipinski definition) is 1. The van der Waals surface area contributed by atoms with Crippen LogP contribution in [0.2, 0.25) is 0 Å². The SMILES string of the molecule is N#Cc1ccc(N2CCN(C(=O)c3nccc(OCC4c5ccccc5CN4c4cn[nH]c(=O)c4C(F)(F)F)n3)CC2)nc1. The summed E-state index contributed by atoms with van der Waals surface area (Å²) in [5, 5.41) is 14.5. The molecule has 0 aliphatic carbocycles. The Bertz CT molecular complexity index is 1780. The Morgan fingerprint density at radius 3 is 2.59 bits per heavy atom. The van der Waals surface area contributed by atoms with Gasteiger partial charge in [-0.05, 0) is 23.3 Å². The van der Waals surface area contributed by atoms with Gasteiger partial charge in [0.1, 0.15) is 24.1 Å². The molecule has 0 radical (unpaired) electrons. The molecule has 12 nitrogen and oxygen atoms in total. The number of anilines is 2. The molecule has 1 amide bonds. The predicted molar refractivity (Wildman–Crippen MR) is 150 cm³/mol. The van der Waals surface area contributed by atoms with Crippen LogP contribution in [0.15, 0.2) is 65.8 Å². The average Bonchev–Trinajstić information content (AvgIpc) is 3.41. The number of aromatic amines is 1. The number of nitriles is 1. The van der Waals surface area contributed by atoms with E-state index < -0.39 is 23.3 Å². The van der Waals surface area contributed by atoms with Gasteiger partial charge in [-0.25, -0.2) is 15.1 Å². The molecule has 2 aliphatic rings. The number of benzene rings is 1. The number of carbonyl (C=O) groups is 1. The lowest BCUT2D eigenvalue weighted by atomic mass is 10.1. The molecule has 5 heterocycles. The minimum absolute atomic E-state index is 0.0747. The number of ether oxygens (including phenoxy) is 1. The maximum absolute atomic E-state index is 13.9. The van der Waals surface area contributed by atoms with Gasteiger partial charge in [0, 0.05) is 51.2 Å². The van der Waals surface area contributed by atoms with Gasteiger partial charge in [-0.15, -0.1) is 0 Å². The minimum Gasteiger partial charge on any atom is -0.475 e. The smallest absolute Gasteiger partial charge is 0.423 e. The number of fused-ring (bicyclic) bond motifs is 1. The Kier molecular flexibility index (Phi) is 7.56. The predicted octanol–water partition coefficient (Wildman–Crippen LogP) is 2.95. The molecular weight excluding hydrogens is 579 g/mol. The summed E-state index contributed by atoms with van der Waals surface area (Å²) < 4.78 is 47.6. The van der Waals surface area contributed by atoms with Crippen molar-refractivity contribution in [2.45, 2.75) is 18.8 Å². The molecule has 0 bridgehead atoms. The maximum atomic E-state index is 13.9. The number of nitrogens with one attached hydrogen (secondary N) is 1. The lowest BCUT2D eigenvalue weighted by molar-refractivity contribution is -0.138. The van der Waals surface area contributed by atoms with Crippen LogP contribution in [0.1, 0.15) is 38.9 Å². The van der Waals surface area contributed by atoms with E-state index in [1.807, 2.05) is 16.1 Å². The third kappa shape index (κ3) is 5.61. The summed E-state index contributed by atoms with van der Waals surface area (Å²) in [5.41, 5.74) is -1.05. The second kappa shape index (κ2) is 11.6. The molecule has 1 aromatic carbocycles. The van der Waals surface area contributed by atoms with Crippen LogP contribution in [-0.2, 0) is 12.7 Å². The van der Waals surface area contributed by atoms with E-state index >= 15 is 0 Å². The molecule has 1 N–H and O–H groups in total. The number of nitrogens with zero attached hydrogens (tertiary/aromatic N) is 8. The molecule has 3 aromatic heterocycles. The molecule has 0 saturated carbocycles. The average molecular weight is 604 g/mol. The summed E-state index contributed by atoms with van der Waals surface area (Å²) in [6.45, 7) is 1.82. The number of rotatable bonds is 6. The second-order valence-electron chi connectivity index (χ2n) is 10.1.